The summed E-state index contributed by atoms with van der Waals surface area (Å²) in [7, 11) is 2.11. The fourth-order valence-electron chi connectivity index (χ4n) is 2.18. The zero-order valence-corrected chi connectivity index (χ0v) is 11.8. The van der Waals surface area contributed by atoms with E-state index < -0.39 is 0 Å². The molecule has 3 rings (SSSR count). The van der Waals surface area contributed by atoms with Crippen molar-refractivity contribution in [2.24, 2.45) is 0 Å². The van der Waals surface area contributed by atoms with Gasteiger partial charge in [-0.15, -0.1) is 10.2 Å². The van der Waals surface area contributed by atoms with Gasteiger partial charge in [0.25, 0.3) is 5.91 Å². The van der Waals surface area contributed by atoms with E-state index in [1.807, 2.05) is 6.07 Å². The van der Waals surface area contributed by atoms with E-state index in [9.17, 15) is 4.79 Å². The van der Waals surface area contributed by atoms with Crippen molar-refractivity contribution in [1.29, 1.82) is 0 Å². The topological polar surface area (TPSA) is 74.5 Å². The monoisotopic (exact) mass is 287 g/mol. The lowest BCUT2D eigenvalue weighted by Gasteiger charge is -2.32. The van der Waals surface area contributed by atoms with Crippen LogP contribution in [0.2, 0.25) is 0 Å². The maximum absolute atomic E-state index is 11.8. The van der Waals surface area contributed by atoms with Crippen LogP contribution in [-0.4, -0.2) is 54.2 Å². The first-order valence-electron chi connectivity index (χ1n) is 6.84. The van der Waals surface area contributed by atoms with Crippen molar-refractivity contribution in [2.45, 2.75) is 0 Å². The molecule has 2 aromatic rings. The maximum Gasteiger partial charge on any atom is 0.292 e. The molecule has 21 heavy (non-hydrogen) atoms. The van der Waals surface area contributed by atoms with Crippen LogP contribution in [0, 0.1) is 0 Å². The van der Waals surface area contributed by atoms with E-state index in [1.54, 1.807) is 18.2 Å². The summed E-state index contributed by atoms with van der Waals surface area (Å²) in [6.45, 7) is 3.89. The molecule has 1 aliphatic heterocycles. The van der Waals surface area contributed by atoms with E-state index in [4.69, 9.17) is 4.42 Å². The van der Waals surface area contributed by atoms with Gasteiger partial charge in [-0.1, -0.05) is 0 Å². The highest BCUT2D eigenvalue weighted by molar-refractivity contribution is 6.01. The van der Waals surface area contributed by atoms with Gasteiger partial charge in [-0.3, -0.25) is 4.79 Å². The molecule has 1 aliphatic rings. The van der Waals surface area contributed by atoms with Crippen LogP contribution in [0.4, 0.5) is 11.6 Å². The second-order valence-electron chi connectivity index (χ2n) is 5.00. The third kappa shape index (κ3) is 3.19. The Balaban J connectivity index is 1.63. The predicted octanol–water partition coefficient (Wildman–Crippen LogP) is 1.07. The Morgan fingerprint density at radius 3 is 2.62 bits per heavy atom. The number of piperazine rings is 1. The molecule has 110 valence electrons. The zero-order chi connectivity index (χ0) is 14.7. The molecule has 1 fully saturated rings. The molecule has 0 unspecified atom stereocenters. The molecule has 0 atom stereocenters. The first kappa shape index (κ1) is 13.6. The molecular formula is C14H17N5O2. The number of hydrogen-bond donors (Lipinski definition) is 1. The van der Waals surface area contributed by atoms with Crippen molar-refractivity contribution in [1.82, 2.24) is 15.1 Å². The Morgan fingerprint density at radius 1 is 1.19 bits per heavy atom. The molecule has 3 heterocycles. The van der Waals surface area contributed by atoms with Gasteiger partial charge in [0.15, 0.2) is 17.4 Å². The zero-order valence-electron chi connectivity index (χ0n) is 11.8. The summed E-state index contributed by atoms with van der Waals surface area (Å²) in [5.74, 6) is 1.16. The number of nitrogens with zero attached hydrogens (tertiary/aromatic N) is 4. The van der Waals surface area contributed by atoms with Crippen molar-refractivity contribution < 1.29 is 9.21 Å². The van der Waals surface area contributed by atoms with Gasteiger partial charge < -0.3 is 19.5 Å². The molecular weight excluding hydrogens is 270 g/mol. The molecule has 0 bridgehead atoms. The number of rotatable bonds is 3. The molecule has 2 aromatic heterocycles. The van der Waals surface area contributed by atoms with Gasteiger partial charge in [0, 0.05) is 26.2 Å². The number of anilines is 2. The standard InChI is InChI=1S/C14H17N5O2/c1-18-6-8-19(9-7-18)13-5-4-12(16-17-13)15-14(20)11-3-2-10-21-11/h2-5,10H,6-9H2,1H3,(H,15,16,20). The van der Waals surface area contributed by atoms with Gasteiger partial charge in [-0.2, -0.15) is 0 Å². The number of hydrogen-bond acceptors (Lipinski definition) is 6. The largest absolute Gasteiger partial charge is 0.459 e. The third-order valence-corrected chi connectivity index (χ3v) is 3.46. The molecule has 7 nitrogen and oxygen atoms in total. The Bertz CT molecular complexity index is 588. The van der Waals surface area contributed by atoms with E-state index in [0.717, 1.165) is 32.0 Å². The van der Waals surface area contributed by atoms with Gasteiger partial charge in [0.05, 0.1) is 6.26 Å². The number of furan rings is 1. The van der Waals surface area contributed by atoms with Crippen LogP contribution in [-0.2, 0) is 0 Å². The summed E-state index contributed by atoms with van der Waals surface area (Å²) in [5, 5.41) is 10.9. The highest BCUT2D eigenvalue weighted by atomic mass is 16.3. The van der Waals surface area contributed by atoms with Crippen molar-refractivity contribution in [3.63, 3.8) is 0 Å². The Hall–Kier alpha value is -2.41. The van der Waals surface area contributed by atoms with Crippen molar-refractivity contribution in [3.05, 3.63) is 36.3 Å². The maximum atomic E-state index is 11.8. The molecule has 0 aliphatic carbocycles. The van der Waals surface area contributed by atoms with E-state index in [1.165, 1.54) is 6.26 Å². The number of nitrogens with one attached hydrogen (secondary N) is 1. The molecule has 0 saturated carbocycles. The molecule has 1 N–H and O–H groups in total. The Kier molecular flexibility index (Phi) is 3.83. The van der Waals surface area contributed by atoms with Gasteiger partial charge >= 0.3 is 0 Å². The predicted molar refractivity (Wildman–Crippen MR) is 78.4 cm³/mol. The second kappa shape index (κ2) is 5.92. The fourth-order valence-corrected chi connectivity index (χ4v) is 2.18. The van der Waals surface area contributed by atoms with Crippen LogP contribution in [0.15, 0.2) is 34.9 Å². The SMILES string of the molecule is CN1CCN(c2ccc(NC(=O)c3ccco3)nn2)CC1. The van der Waals surface area contributed by atoms with Crippen molar-refractivity contribution in [3.8, 4) is 0 Å². The van der Waals surface area contributed by atoms with Crippen LogP contribution in [0.5, 0.6) is 0 Å². The minimum atomic E-state index is -0.332. The van der Waals surface area contributed by atoms with E-state index in [-0.39, 0.29) is 11.7 Å². The number of carbonyl (C=O) groups is 1. The average molecular weight is 287 g/mol. The van der Waals surface area contributed by atoms with Crippen LogP contribution in [0.3, 0.4) is 0 Å². The Labute approximate surface area is 122 Å². The first-order valence-corrected chi connectivity index (χ1v) is 6.84. The van der Waals surface area contributed by atoms with Gasteiger partial charge in [-0.25, -0.2) is 0 Å². The number of amides is 1. The summed E-state index contributed by atoms with van der Waals surface area (Å²) >= 11 is 0. The number of aromatic nitrogens is 2. The van der Waals surface area contributed by atoms with Gasteiger partial charge in [0.1, 0.15) is 0 Å². The summed E-state index contributed by atoms with van der Waals surface area (Å²) in [4.78, 5) is 16.3. The highest BCUT2D eigenvalue weighted by Gasteiger charge is 2.16. The quantitative estimate of drug-likeness (QED) is 0.910. The van der Waals surface area contributed by atoms with Crippen LogP contribution < -0.4 is 10.2 Å². The minimum absolute atomic E-state index is 0.250. The molecule has 0 spiro atoms. The molecule has 1 amide bonds. The normalized spacial score (nSPS) is 16.0. The summed E-state index contributed by atoms with van der Waals surface area (Å²) in [6.07, 6.45) is 1.46. The lowest BCUT2D eigenvalue weighted by molar-refractivity contribution is 0.0996. The molecule has 0 radical (unpaired) electrons. The van der Waals surface area contributed by atoms with Crippen LogP contribution in [0.1, 0.15) is 10.6 Å². The van der Waals surface area contributed by atoms with Crippen molar-refractivity contribution >= 4 is 17.5 Å². The first-order chi connectivity index (χ1) is 10.2. The van der Waals surface area contributed by atoms with E-state index in [2.05, 4.69) is 32.4 Å². The second-order valence-corrected chi connectivity index (χ2v) is 5.00. The summed E-state index contributed by atoms with van der Waals surface area (Å²) in [6, 6.07) is 6.88. The van der Waals surface area contributed by atoms with Gasteiger partial charge in [-0.05, 0) is 31.3 Å². The lowest BCUT2D eigenvalue weighted by Crippen LogP contribution is -2.44. The average Bonchev–Trinajstić information content (AvgIpc) is 3.03. The Morgan fingerprint density at radius 2 is 2.00 bits per heavy atom. The number of likely N-dealkylation sites (N-methyl/N-ethyl adjacent to an activating group) is 1. The molecule has 7 heteroatoms. The molecule has 1 saturated heterocycles. The molecule has 0 aromatic carbocycles. The van der Waals surface area contributed by atoms with Crippen LogP contribution in [0.25, 0.3) is 0 Å². The van der Waals surface area contributed by atoms with Crippen molar-refractivity contribution in [2.75, 3.05) is 43.4 Å². The lowest BCUT2D eigenvalue weighted by atomic mass is 10.3. The highest BCUT2D eigenvalue weighted by Crippen LogP contribution is 2.14. The minimum Gasteiger partial charge on any atom is -0.459 e. The smallest absolute Gasteiger partial charge is 0.292 e. The van der Waals surface area contributed by atoms with E-state index >= 15 is 0 Å². The van der Waals surface area contributed by atoms with Gasteiger partial charge in [0.2, 0.25) is 0 Å². The summed E-state index contributed by atoms with van der Waals surface area (Å²) < 4.78 is 5.02. The number of carbonyl (C=O) groups excluding carboxylic acids is 1. The fraction of sp³-hybridized carbons (Fsp3) is 0.357. The van der Waals surface area contributed by atoms with E-state index in [0.29, 0.717) is 5.82 Å². The third-order valence-electron chi connectivity index (χ3n) is 3.46. The summed E-state index contributed by atoms with van der Waals surface area (Å²) in [5.41, 5.74) is 0. The van der Waals surface area contributed by atoms with Crippen LogP contribution >= 0.6 is 0 Å².